The number of sulfonamides is 1. The first-order valence-corrected chi connectivity index (χ1v) is 15.0. The van der Waals surface area contributed by atoms with Gasteiger partial charge in [-0.05, 0) is 68.7 Å². The number of anilines is 1. The molecule has 0 aromatic heterocycles. The lowest BCUT2D eigenvalue weighted by Gasteiger charge is -2.32. The van der Waals surface area contributed by atoms with E-state index in [1.54, 1.807) is 68.6 Å². The Morgan fingerprint density at radius 3 is 2.30 bits per heavy atom. The molecule has 0 unspecified atom stereocenters. The van der Waals surface area contributed by atoms with Gasteiger partial charge in [0.05, 0.1) is 17.7 Å². The zero-order chi connectivity index (χ0) is 28.7. The van der Waals surface area contributed by atoms with E-state index in [2.05, 4.69) is 5.32 Å². The van der Waals surface area contributed by atoms with Crippen LogP contribution in [0.25, 0.3) is 0 Å². The number of amides is 2. The average molecular weight is 564 g/mol. The maximum Gasteiger partial charge on any atom is 0.264 e. The highest BCUT2D eigenvalue weighted by Crippen LogP contribution is 2.25. The number of aryl methyl sites for hydroxylation is 1. The molecule has 8 nitrogen and oxygen atoms in total. The number of hydrogen-bond acceptors (Lipinski definition) is 5. The van der Waals surface area contributed by atoms with Gasteiger partial charge in [-0.2, -0.15) is 0 Å². The third-order valence-corrected chi connectivity index (χ3v) is 9.08. The van der Waals surface area contributed by atoms with Crippen LogP contribution in [0.3, 0.4) is 0 Å². The number of rotatable bonds is 11. The lowest BCUT2D eigenvalue weighted by molar-refractivity contribution is -0.139. The molecule has 3 aromatic rings. The Morgan fingerprint density at radius 1 is 0.975 bits per heavy atom. The molecule has 0 saturated heterocycles. The number of nitrogens with one attached hydrogen (secondary N) is 1. The van der Waals surface area contributed by atoms with Crippen LogP contribution in [0.15, 0.2) is 83.8 Å². The van der Waals surface area contributed by atoms with Crippen LogP contribution in [-0.2, 0) is 26.2 Å². The van der Waals surface area contributed by atoms with E-state index in [0.29, 0.717) is 11.4 Å². The molecule has 0 bridgehead atoms. The van der Waals surface area contributed by atoms with Crippen molar-refractivity contribution in [1.82, 2.24) is 10.2 Å². The molecule has 212 valence electrons. The summed E-state index contributed by atoms with van der Waals surface area (Å²) in [5, 5.41) is 3.08. The molecule has 0 aliphatic heterocycles. The smallest absolute Gasteiger partial charge is 0.264 e. The molecule has 1 aliphatic rings. The Morgan fingerprint density at radius 2 is 1.65 bits per heavy atom. The molecule has 40 heavy (non-hydrogen) atoms. The second-order valence-electron chi connectivity index (χ2n) is 10.2. The van der Waals surface area contributed by atoms with Gasteiger partial charge in [0.25, 0.3) is 10.0 Å². The second kappa shape index (κ2) is 13.0. The van der Waals surface area contributed by atoms with Crippen LogP contribution >= 0.6 is 0 Å². The van der Waals surface area contributed by atoms with Crippen molar-refractivity contribution in [3.05, 3.63) is 90.0 Å². The first kappa shape index (κ1) is 29.1. The van der Waals surface area contributed by atoms with Crippen LogP contribution < -0.4 is 14.4 Å². The third-order valence-electron chi connectivity index (χ3n) is 7.29. The molecule has 1 saturated carbocycles. The van der Waals surface area contributed by atoms with Crippen LogP contribution in [-0.4, -0.2) is 50.9 Å². The zero-order valence-electron chi connectivity index (χ0n) is 23.2. The molecule has 0 spiro atoms. The largest absolute Gasteiger partial charge is 0.497 e. The van der Waals surface area contributed by atoms with E-state index in [-0.39, 0.29) is 23.4 Å². The van der Waals surface area contributed by atoms with Gasteiger partial charge in [-0.25, -0.2) is 8.42 Å². The van der Waals surface area contributed by atoms with Crippen LogP contribution in [0, 0.1) is 6.92 Å². The van der Waals surface area contributed by atoms with Crippen molar-refractivity contribution < 1.29 is 22.7 Å². The van der Waals surface area contributed by atoms with Gasteiger partial charge < -0.3 is 15.0 Å². The van der Waals surface area contributed by atoms with E-state index in [4.69, 9.17) is 4.74 Å². The van der Waals surface area contributed by atoms with Crippen LogP contribution in [0.5, 0.6) is 5.75 Å². The third kappa shape index (κ3) is 7.01. The van der Waals surface area contributed by atoms with Crippen LogP contribution in [0.1, 0.15) is 43.7 Å². The summed E-state index contributed by atoms with van der Waals surface area (Å²) in [4.78, 5) is 28.8. The van der Waals surface area contributed by atoms with Crippen molar-refractivity contribution in [2.45, 2.75) is 63.1 Å². The molecule has 0 radical (unpaired) electrons. The lowest BCUT2D eigenvalue weighted by Crippen LogP contribution is -2.52. The Kier molecular flexibility index (Phi) is 9.47. The highest BCUT2D eigenvalue weighted by molar-refractivity contribution is 7.92. The predicted molar refractivity (Wildman–Crippen MR) is 156 cm³/mol. The van der Waals surface area contributed by atoms with Crippen molar-refractivity contribution in [3.63, 3.8) is 0 Å². The molecule has 1 N–H and O–H groups in total. The molecule has 4 rings (SSSR count). The Balaban J connectivity index is 1.67. The van der Waals surface area contributed by atoms with Gasteiger partial charge >= 0.3 is 0 Å². The maximum atomic E-state index is 14.0. The van der Waals surface area contributed by atoms with Crippen molar-refractivity contribution in [2.24, 2.45) is 0 Å². The Labute approximate surface area is 237 Å². The molecule has 9 heteroatoms. The van der Waals surface area contributed by atoms with Crippen LogP contribution in [0.4, 0.5) is 5.69 Å². The second-order valence-corrected chi connectivity index (χ2v) is 12.1. The molecule has 2 amide bonds. The van der Waals surface area contributed by atoms with Gasteiger partial charge in [-0.3, -0.25) is 13.9 Å². The summed E-state index contributed by atoms with van der Waals surface area (Å²) >= 11 is 0. The van der Waals surface area contributed by atoms with Gasteiger partial charge in [0.2, 0.25) is 11.8 Å². The molecule has 3 aromatic carbocycles. The highest BCUT2D eigenvalue weighted by atomic mass is 32.2. The van der Waals surface area contributed by atoms with E-state index in [1.165, 1.54) is 17.0 Å². The summed E-state index contributed by atoms with van der Waals surface area (Å²) < 4.78 is 34.1. The number of carbonyl (C=O) groups is 2. The molecular formula is C31H37N3O5S. The number of nitrogens with zero attached hydrogens (tertiary/aromatic N) is 2. The molecule has 1 aliphatic carbocycles. The van der Waals surface area contributed by atoms with Gasteiger partial charge in [-0.1, -0.05) is 60.9 Å². The minimum atomic E-state index is -4.08. The summed E-state index contributed by atoms with van der Waals surface area (Å²) in [7, 11) is -2.52. The number of hydrogen-bond donors (Lipinski definition) is 1. The predicted octanol–water partition coefficient (Wildman–Crippen LogP) is 4.68. The highest BCUT2D eigenvalue weighted by Gasteiger charge is 2.33. The zero-order valence-corrected chi connectivity index (χ0v) is 24.1. The number of ether oxygens (including phenoxy) is 1. The molecule has 0 heterocycles. The van der Waals surface area contributed by atoms with E-state index in [1.807, 2.05) is 19.1 Å². The minimum Gasteiger partial charge on any atom is -0.497 e. The first-order chi connectivity index (χ1) is 19.2. The van der Waals surface area contributed by atoms with Gasteiger partial charge in [-0.15, -0.1) is 0 Å². The number of para-hydroxylation sites is 1. The van der Waals surface area contributed by atoms with E-state index >= 15 is 0 Å². The number of carbonyl (C=O) groups excluding carboxylic acids is 2. The number of benzene rings is 3. The van der Waals surface area contributed by atoms with Crippen molar-refractivity contribution in [1.29, 1.82) is 0 Å². The topological polar surface area (TPSA) is 96.0 Å². The summed E-state index contributed by atoms with van der Waals surface area (Å²) in [6.45, 7) is 3.21. The van der Waals surface area contributed by atoms with Crippen molar-refractivity contribution in [3.8, 4) is 5.75 Å². The van der Waals surface area contributed by atoms with Gasteiger partial charge in [0, 0.05) is 12.6 Å². The molecule has 1 atom stereocenters. The minimum absolute atomic E-state index is 0.0844. The van der Waals surface area contributed by atoms with E-state index < -0.39 is 28.5 Å². The normalized spacial score (nSPS) is 14.4. The summed E-state index contributed by atoms with van der Waals surface area (Å²) in [5.74, 6) is -0.118. The number of methoxy groups -OCH3 is 1. The van der Waals surface area contributed by atoms with Crippen molar-refractivity contribution in [2.75, 3.05) is 18.0 Å². The fourth-order valence-corrected chi connectivity index (χ4v) is 6.32. The lowest BCUT2D eigenvalue weighted by atomic mass is 10.1. The SMILES string of the molecule is COc1cccc(CN(C(=O)CN(c2ccccc2)S(=O)(=O)c2ccc(C)cc2)[C@H](C)C(=O)NC2CCCC2)c1. The Bertz CT molecular complexity index is 1400. The molecule has 1 fully saturated rings. The summed E-state index contributed by atoms with van der Waals surface area (Å²) in [6, 6.07) is 21.6. The Hall–Kier alpha value is -3.85. The maximum absolute atomic E-state index is 14.0. The monoisotopic (exact) mass is 563 g/mol. The van der Waals surface area contributed by atoms with Crippen LogP contribution in [0.2, 0.25) is 0 Å². The molecular weight excluding hydrogens is 526 g/mol. The summed E-state index contributed by atoms with van der Waals surface area (Å²) in [6.07, 6.45) is 3.96. The van der Waals surface area contributed by atoms with E-state index in [9.17, 15) is 18.0 Å². The van der Waals surface area contributed by atoms with Gasteiger partial charge in [0.15, 0.2) is 0 Å². The fraction of sp³-hybridized carbons (Fsp3) is 0.355. The standard InChI is InChI=1S/C31H37N3O5S/c1-23-16-18-29(19-17-23)40(37,38)34(27-13-5-4-6-14-27)22-30(35)33(21-25-10-9-15-28(20-25)39-3)24(2)31(36)32-26-11-7-8-12-26/h4-6,9-10,13-20,24,26H,7-8,11-12,21-22H2,1-3H3,(H,32,36)/t24-/m1/s1. The average Bonchev–Trinajstić information content (AvgIpc) is 3.48. The fourth-order valence-electron chi connectivity index (χ4n) is 4.90. The first-order valence-electron chi connectivity index (χ1n) is 13.6. The van der Waals surface area contributed by atoms with Crippen molar-refractivity contribution >= 4 is 27.5 Å². The van der Waals surface area contributed by atoms with E-state index in [0.717, 1.165) is 41.1 Å². The van der Waals surface area contributed by atoms with Gasteiger partial charge in [0.1, 0.15) is 18.3 Å². The summed E-state index contributed by atoms with van der Waals surface area (Å²) in [5.41, 5.74) is 2.05. The quantitative estimate of drug-likeness (QED) is 0.366.